The van der Waals surface area contributed by atoms with Crippen LogP contribution in [0, 0.1) is 0 Å². The summed E-state index contributed by atoms with van der Waals surface area (Å²) in [4.78, 5) is 14.8. The van der Waals surface area contributed by atoms with Crippen LogP contribution in [0.5, 0.6) is 0 Å². The maximum Gasteiger partial charge on any atom is 0.252 e. The van der Waals surface area contributed by atoms with Crippen LogP contribution in [0.3, 0.4) is 0 Å². The van der Waals surface area contributed by atoms with Crippen LogP contribution in [-0.4, -0.2) is 16.7 Å². The van der Waals surface area contributed by atoms with Crippen molar-refractivity contribution in [3.63, 3.8) is 0 Å². The summed E-state index contributed by atoms with van der Waals surface area (Å²) < 4.78 is 1.88. The molecule has 2 heterocycles. The van der Waals surface area contributed by atoms with Crippen LogP contribution in [0.1, 0.15) is 10.4 Å². The first-order valence-electron chi connectivity index (χ1n) is 3.30. The molecule has 1 aliphatic rings. The Bertz CT molecular complexity index is 337. The van der Waals surface area contributed by atoms with Gasteiger partial charge >= 0.3 is 0 Å². The van der Waals surface area contributed by atoms with Gasteiger partial charge in [-0.1, -0.05) is 0 Å². The van der Waals surface area contributed by atoms with E-state index in [2.05, 4.69) is 4.99 Å². The molecule has 0 atom stereocenters. The fourth-order valence-electron chi connectivity index (χ4n) is 1.16. The Morgan fingerprint density at radius 2 is 2.55 bits per heavy atom. The van der Waals surface area contributed by atoms with Crippen molar-refractivity contribution >= 4 is 17.9 Å². The molecule has 0 aromatic carbocycles. The molecule has 56 valence electrons. The number of primary amides is 1. The topological polar surface area (TPSA) is 60.4 Å². The molecule has 1 aliphatic heterocycles. The zero-order valence-corrected chi connectivity index (χ0v) is 5.82. The summed E-state index contributed by atoms with van der Waals surface area (Å²) in [6.07, 6.45) is 3.56. The van der Waals surface area contributed by atoms with Crippen LogP contribution in [0.25, 0.3) is 0 Å². The van der Waals surface area contributed by atoms with Gasteiger partial charge in [0.1, 0.15) is 5.82 Å². The standard InChI is InChI=1S/C7H7N3O/c8-6(11)5-1-3-10-4-2-9-7(5)10/h1-3H,4H2,(H2,8,11). The van der Waals surface area contributed by atoms with Crippen molar-refractivity contribution in [1.29, 1.82) is 0 Å². The van der Waals surface area contributed by atoms with E-state index in [0.717, 1.165) is 6.54 Å². The number of rotatable bonds is 1. The number of carbonyl (C=O) groups is 1. The van der Waals surface area contributed by atoms with Gasteiger partial charge in [-0.05, 0) is 6.07 Å². The monoisotopic (exact) mass is 149 g/mol. The number of aliphatic imine (C=N–C) groups is 1. The molecule has 0 spiro atoms. The Labute approximate surface area is 63.3 Å². The quantitative estimate of drug-likeness (QED) is 0.613. The van der Waals surface area contributed by atoms with E-state index >= 15 is 0 Å². The van der Waals surface area contributed by atoms with Gasteiger partial charge in [0.25, 0.3) is 5.91 Å². The lowest BCUT2D eigenvalue weighted by Crippen LogP contribution is -2.09. The third-order valence-electron chi connectivity index (χ3n) is 1.69. The maximum atomic E-state index is 10.8. The molecule has 0 saturated heterocycles. The largest absolute Gasteiger partial charge is 0.365 e. The Kier molecular flexibility index (Phi) is 1.09. The number of nitrogens with zero attached hydrogens (tertiary/aromatic N) is 2. The van der Waals surface area contributed by atoms with Gasteiger partial charge in [-0.15, -0.1) is 0 Å². The maximum absolute atomic E-state index is 10.8. The van der Waals surface area contributed by atoms with E-state index < -0.39 is 5.91 Å². The fraction of sp³-hybridized carbons (Fsp3) is 0.143. The molecular weight excluding hydrogens is 142 g/mol. The number of nitrogens with two attached hydrogens (primary N) is 1. The van der Waals surface area contributed by atoms with Gasteiger partial charge in [-0.25, -0.2) is 4.99 Å². The second-order valence-corrected chi connectivity index (χ2v) is 2.38. The van der Waals surface area contributed by atoms with Gasteiger partial charge in [-0.2, -0.15) is 0 Å². The van der Waals surface area contributed by atoms with Crippen LogP contribution < -0.4 is 5.73 Å². The Hall–Kier alpha value is -1.58. The molecule has 4 nitrogen and oxygen atoms in total. The zero-order chi connectivity index (χ0) is 7.84. The van der Waals surface area contributed by atoms with Gasteiger partial charge < -0.3 is 10.3 Å². The summed E-state index contributed by atoms with van der Waals surface area (Å²) in [5, 5.41) is 0. The highest BCUT2D eigenvalue weighted by Crippen LogP contribution is 2.22. The molecule has 0 aliphatic carbocycles. The number of aromatic nitrogens is 1. The van der Waals surface area contributed by atoms with Crippen molar-refractivity contribution in [2.24, 2.45) is 10.7 Å². The zero-order valence-electron chi connectivity index (χ0n) is 5.82. The van der Waals surface area contributed by atoms with Crippen LogP contribution in [0.4, 0.5) is 5.82 Å². The SMILES string of the molecule is NC(=O)c1ccn2c1N=CC2. The lowest BCUT2D eigenvalue weighted by Gasteiger charge is -1.93. The molecule has 0 radical (unpaired) electrons. The predicted octanol–water partition coefficient (Wildman–Crippen LogP) is 0.303. The summed E-state index contributed by atoms with van der Waals surface area (Å²) in [7, 11) is 0. The number of amides is 1. The van der Waals surface area contributed by atoms with Crippen LogP contribution in [0.2, 0.25) is 0 Å². The third kappa shape index (κ3) is 0.756. The lowest BCUT2D eigenvalue weighted by atomic mass is 10.3. The third-order valence-corrected chi connectivity index (χ3v) is 1.69. The second kappa shape index (κ2) is 1.95. The van der Waals surface area contributed by atoms with Crippen molar-refractivity contribution in [3.05, 3.63) is 17.8 Å². The van der Waals surface area contributed by atoms with Crippen molar-refractivity contribution in [2.45, 2.75) is 6.54 Å². The molecule has 0 unspecified atom stereocenters. The molecule has 0 bridgehead atoms. The van der Waals surface area contributed by atoms with E-state index in [-0.39, 0.29) is 0 Å². The first-order valence-corrected chi connectivity index (χ1v) is 3.30. The van der Waals surface area contributed by atoms with Crippen molar-refractivity contribution in [1.82, 2.24) is 4.57 Å². The van der Waals surface area contributed by atoms with Gasteiger partial charge in [0.15, 0.2) is 0 Å². The summed E-state index contributed by atoms with van der Waals surface area (Å²) in [5.74, 6) is 0.260. The molecule has 2 rings (SSSR count). The van der Waals surface area contributed by atoms with Crippen molar-refractivity contribution in [3.8, 4) is 0 Å². The van der Waals surface area contributed by atoms with Crippen molar-refractivity contribution in [2.75, 3.05) is 0 Å². The summed E-state index contributed by atoms with van der Waals surface area (Å²) in [6.45, 7) is 0.739. The van der Waals surface area contributed by atoms with E-state index in [1.54, 1.807) is 12.3 Å². The molecule has 2 N–H and O–H groups in total. The molecular formula is C7H7N3O. The van der Waals surface area contributed by atoms with Crippen LogP contribution in [-0.2, 0) is 6.54 Å². The minimum atomic E-state index is -0.419. The Morgan fingerprint density at radius 3 is 3.27 bits per heavy atom. The molecule has 11 heavy (non-hydrogen) atoms. The number of fused-ring (bicyclic) bond motifs is 1. The molecule has 0 fully saturated rings. The fourth-order valence-corrected chi connectivity index (χ4v) is 1.16. The second-order valence-electron chi connectivity index (χ2n) is 2.38. The average molecular weight is 149 g/mol. The number of hydrogen-bond acceptors (Lipinski definition) is 2. The Balaban J connectivity index is 2.58. The van der Waals surface area contributed by atoms with Gasteiger partial charge in [-0.3, -0.25) is 4.79 Å². The van der Waals surface area contributed by atoms with E-state index in [1.807, 2.05) is 10.8 Å². The molecule has 1 amide bonds. The highest BCUT2D eigenvalue weighted by molar-refractivity contribution is 5.98. The minimum Gasteiger partial charge on any atom is -0.365 e. The van der Waals surface area contributed by atoms with Crippen molar-refractivity contribution < 1.29 is 4.79 Å². The first kappa shape index (κ1) is 6.15. The Morgan fingerprint density at radius 1 is 1.73 bits per heavy atom. The molecule has 1 aromatic heterocycles. The van der Waals surface area contributed by atoms with Gasteiger partial charge in [0.2, 0.25) is 0 Å². The molecule has 1 aromatic rings. The number of carbonyl (C=O) groups excluding carboxylic acids is 1. The molecule has 0 saturated carbocycles. The molecule has 4 heteroatoms. The van der Waals surface area contributed by atoms with E-state index in [0.29, 0.717) is 11.4 Å². The smallest absolute Gasteiger partial charge is 0.252 e. The minimum absolute atomic E-state index is 0.419. The van der Waals surface area contributed by atoms with E-state index in [9.17, 15) is 4.79 Å². The lowest BCUT2D eigenvalue weighted by molar-refractivity contribution is 0.100. The average Bonchev–Trinajstić information content (AvgIpc) is 2.41. The van der Waals surface area contributed by atoms with E-state index in [4.69, 9.17) is 5.73 Å². The highest BCUT2D eigenvalue weighted by atomic mass is 16.1. The normalized spacial score (nSPS) is 13.5. The van der Waals surface area contributed by atoms with Crippen LogP contribution >= 0.6 is 0 Å². The highest BCUT2D eigenvalue weighted by Gasteiger charge is 2.14. The van der Waals surface area contributed by atoms with Gasteiger partial charge in [0.05, 0.1) is 12.1 Å². The van der Waals surface area contributed by atoms with E-state index in [1.165, 1.54) is 0 Å². The summed E-state index contributed by atoms with van der Waals surface area (Å²) >= 11 is 0. The van der Waals surface area contributed by atoms with Gasteiger partial charge in [0, 0.05) is 12.4 Å². The first-order chi connectivity index (χ1) is 5.29. The predicted molar refractivity (Wildman–Crippen MR) is 41.1 cm³/mol. The summed E-state index contributed by atoms with van der Waals surface area (Å²) in [6, 6.07) is 1.69. The number of hydrogen-bond donors (Lipinski definition) is 1. The van der Waals surface area contributed by atoms with Crippen LogP contribution in [0.15, 0.2) is 17.3 Å². The summed E-state index contributed by atoms with van der Waals surface area (Å²) in [5.41, 5.74) is 5.60.